The summed E-state index contributed by atoms with van der Waals surface area (Å²) < 4.78 is 43.1. The summed E-state index contributed by atoms with van der Waals surface area (Å²) in [6.07, 6.45) is 1.17. The van der Waals surface area contributed by atoms with Crippen LogP contribution >= 0.6 is 11.6 Å². The number of amides is 1. The molecule has 198 valence electrons. The van der Waals surface area contributed by atoms with Gasteiger partial charge in [-0.05, 0) is 78.4 Å². The Kier molecular flexibility index (Phi) is 7.32. The van der Waals surface area contributed by atoms with E-state index in [9.17, 15) is 13.6 Å². The van der Waals surface area contributed by atoms with Crippen molar-refractivity contribution < 1.29 is 22.5 Å². The Bertz CT molecular complexity index is 1590. The molecule has 1 heterocycles. The number of rotatable bonds is 8. The molecule has 5 rings (SSSR count). The summed E-state index contributed by atoms with van der Waals surface area (Å²) in [4.78, 5) is 17.1. The van der Waals surface area contributed by atoms with Crippen LogP contribution in [0.2, 0.25) is 5.02 Å². The molecular weight excluding hydrogens is 543 g/mol. The zero-order chi connectivity index (χ0) is 27.7. The van der Waals surface area contributed by atoms with Crippen molar-refractivity contribution in [3.05, 3.63) is 99.6 Å². The minimum Gasteiger partial charge on any atom is -0.772 e. The van der Waals surface area contributed by atoms with Crippen LogP contribution < -0.4 is 5.32 Å². The number of nitrogens with zero attached hydrogens (tertiary/aromatic N) is 3. The van der Waals surface area contributed by atoms with Gasteiger partial charge in [-0.15, -0.1) is 0 Å². The van der Waals surface area contributed by atoms with Crippen molar-refractivity contribution in [2.45, 2.75) is 36.9 Å². The van der Waals surface area contributed by atoms with Crippen molar-refractivity contribution in [1.29, 1.82) is 5.26 Å². The normalized spacial score (nSPS) is 15.3. The molecule has 1 aromatic heterocycles. The lowest BCUT2D eigenvalue weighted by molar-refractivity contribution is -0.115. The average molecular weight is 564 g/mol. The SMILES string of the molecule is CC(c1ccc(CC(=O)Nc2cc(F)c(C3(c4noc(-c5ccc(C#N)cc5)n4)CC3)c(Cl)c2)cc1)S(=O)[O-]. The fraction of sp³-hybridized carbons (Fsp3) is 0.214. The molecule has 0 saturated heterocycles. The first-order valence-corrected chi connectivity index (χ1v) is 13.5. The van der Waals surface area contributed by atoms with Crippen molar-refractivity contribution in [1.82, 2.24) is 10.1 Å². The highest BCUT2D eigenvalue weighted by Crippen LogP contribution is 2.55. The summed E-state index contributed by atoms with van der Waals surface area (Å²) in [5.74, 6) is -0.398. The number of hydrogen-bond acceptors (Lipinski definition) is 7. The summed E-state index contributed by atoms with van der Waals surface area (Å²) in [7, 11) is 0. The van der Waals surface area contributed by atoms with Gasteiger partial charge in [0.25, 0.3) is 5.89 Å². The average Bonchev–Trinajstić information content (AvgIpc) is 3.54. The lowest BCUT2D eigenvalue weighted by Crippen LogP contribution is -2.17. The van der Waals surface area contributed by atoms with E-state index in [4.69, 9.17) is 21.4 Å². The maximum atomic E-state index is 15.4. The first-order chi connectivity index (χ1) is 18.7. The van der Waals surface area contributed by atoms with E-state index < -0.39 is 27.6 Å². The monoisotopic (exact) mass is 563 g/mol. The fourth-order valence-electron chi connectivity index (χ4n) is 4.44. The van der Waals surface area contributed by atoms with Crippen LogP contribution in [0.1, 0.15) is 53.1 Å². The molecule has 1 saturated carbocycles. The van der Waals surface area contributed by atoms with E-state index in [0.717, 1.165) is 0 Å². The van der Waals surface area contributed by atoms with Crippen LogP contribution in [0.5, 0.6) is 0 Å². The Morgan fingerprint density at radius 1 is 1.23 bits per heavy atom. The molecule has 1 fully saturated rings. The summed E-state index contributed by atoms with van der Waals surface area (Å²) >= 11 is 4.29. The van der Waals surface area contributed by atoms with Gasteiger partial charge in [0.1, 0.15) is 5.82 Å². The Labute approximate surface area is 231 Å². The number of anilines is 1. The molecule has 4 aromatic rings. The lowest BCUT2D eigenvalue weighted by atomic mass is 9.94. The second kappa shape index (κ2) is 10.7. The lowest BCUT2D eigenvalue weighted by Gasteiger charge is -2.16. The van der Waals surface area contributed by atoms with E-state index in [1.807, 2.05) is 6.07 Å². The number of nitriles is 1. The zero-order valence-electron chi connectivity index (χ0n) is 20.6. The molecule has 1 aliphatic rings. The minimum atomic E-state index is -2.24. The topological polar surface area (TPSA) is 132 Å². The highest BCUT2D eigenvalue weighted by molar-refractivity contribution is 7.79. The Morgan fingerprint density at radius 2 is 1.92 bits per heavy atom. The van der Waals surface area contributed by atoms with E-state index >= 15 is 4.39 Å². The van der Waals surface area contributed by atoms with E-state index in [1.54, 1.807) is 55.5 Å². The number of halogens is 2. The van der Waals surface area contributed by atoms with Gasteiger partial charge in [-0.1, -0.05) is 41.0 Å². The molecule has 3 aromatic carbocycles. The maximum Gasteiger partial charge on any atom is 0.257 e. The predicted octanol–water partition coefficient (Wildman–Crippen LogP) is 5.60. The van der Waals surface area contributed by atoms with Crippen LogP contribution in [0, 0.1) is 17.1 Å². The van der Waals surface area contributed by atoms with Crippen LogP contribution in [0.15, 0.2) is 65.2 Å². The van der Waals surface area contributed by atoms with Crippen LogP contribution in [0.3, 0.4) is 0 Å². The summed E-state index contributed by atoms with van der Waals surface area (Å²) in [6.45, 7) is 1.57. The van der Waals surface area contributed by atoms with Crippen LogP contribution in [0.25, 0.3) is 11.5 Å². The number of carbonyl (C=O) groups excluding carboxylic acids is 1. The van der Waals surface area contributed by atoms with Gasteiger partial charge in [-0.3, -0.25) is 9.00 Å². The molecule has 11 heteroatoms. The molecular formula is C28H21ClFN4O4S-. The summed E-state index contributed by atoms with van der Waals surface area (Å²) in [6, 6.07) is 18.1. The van der Waals surface area contributed by atoms with E-state index in [0.29, 0.717) is 40.9 Å². The van der Waals surface area contributed by atoms with Crippen LogP contribution in [0.4, 0.5) is 10.1 Å². The third-order valence-corrected chi connectivity index (χ3v) is 7.92. The third-order valence-electron chi connectivity index (χ3n) is 6.77. The second-order valence-corrected chi connectivity index (χ2v) is 11.0. The van der Waals surface area contributed by atoms with Crippen molar-refractivity contribution in [2.24, 2.45) is 0 Å². The first kappa shape index (κ1) is 26.7. The minimum absolute atomic E-state index is 0.0149. The van der Waals surface area contributed by atoms with E-state index in [1.165, 1.54) is 12.1 Å². The molecule has 0 radical (unpaired) electrons. The van der Waals surface area contributed by atoms with Gasteiger partial charge < -0.3 is 14.4 Å². The van der Waals surface area contributed by atoms with Crippen molar-refractivity contribution in [3.8, 4) is 17.5 Å². The van der Waals surface area contributed by atoms with Gasteiger partial charge in [0, 0.05) is 27.1 Å². The molecule has 8 nitrogen and oxygen atoms in total. The van der Waals surface area contributed by atoms with Crippen molar-refractivity contribution >= 4 is 34.3 Å². The van der Waals surface area contributed by atoms with E-state index in [-0.39, 0.29) is 34.5 Å². The number of carbonyl (C=O) groups is 1. The molecule has 2 unspecified atom stereocenters. The molecule has 0 aliphatic heterocycles. The smallest absolute Gasteiger partial charge is 0.257 e. The standard InChI is InChI=1S/C28H22ClFN4O4S/c1-16(39(36)37)19-6-2-17(3-7-19)12-24(35)32-21-13-22(29)25(23(30)14-21)28(10-11-28)27-33-26(38-34-27)20-8-4-18(15-31)5-9-20/h2-9,13-14,16H,10-12H2,1H3,(H,32,35)(H,36,37)/p-1. The molecule has 2 atom stereocenters. The maximum absolute atomic E-state index is 15.4. The molecule has 1 N–H and O–H groups in total. The Balaban J connectivity index is 1.31. The van der Waals surface area contributed by atoms with Crippen molar-refractivity contribution in [3.63, 3.8) is 0 Å². The van der Waals surface area contributed by atoms with E-state index in [2.05, 4.69) is 15.5 Å². The molecule has 1 amide bonds. The van der Waals surface area contributed by atoms with Gasteiger partial charge in [-0.25, -0.2) is 4.39 Å². The van der Waals surface area contributed by atoms with Gasteiger partial charge >= 0.3 is 0 Å². The highest BCUT2D eigenvalue weighted by atomic mass is 35.5. The number of aromatic nitrogens is 2. The van der Waals surface area contributed by atoms with Gasteiger partial charge in [0.2, 0.25) is 5.91 Å². The van der Waals surface area contributed by atoms with Gasteiger partial charge in [0.05, 0.1) is 23.5 Å². The van der Waals surface area contributed by atoms with Gasteiger partial charge in [0.15, 0.2) is 5.82 Å². The fourth-order valence-corrected chi connectivity index (χ4v) is 5.21. The van der Waals surface area contributed by atoms with Crippen LogP contribution in [-0.2, 0) is 27.7 Å². The Hall–Kier alpha value is -3.91. The predicted molar refractivity (Wildman–Crippen MR) is 142 cm³/mol. The van der Waals surface area contributed by atoms with Crippen LogP contribution in [-0.4, -0.2) is 24.8 Å². The molecule has 39 heavy (non-hydrogen) atoms. The number of nitrogens with one attached hydrogen (secondary N) is 1. The molecule has 0 bridgehead atoms. The third kappa shape index (κ3) is 5.47. The first-order valence-electron chi connectivity index (χ1n) is 12.0. The number of benzene rings is 3. The zero-order valence-corrected chi connectivity index (χ0v) is 22.2. The largest absolute Gasteiger partial charge is 0.772 e. The Morgan fingerprint density at radius 3 is 2.51 bits per heavy atom. The second-order valence-electron chi connectivity index (χ2n) is 9.38. The molecule has 0 spiro atoms. The highest BCUT2D eigenvalue weighted by Gasteiger charge is 2.53. The quantitative estimate of drug-likeness (QED) is 0.276. The molecule has 1 aliphatic carbocycles. The summed E-state index contributed by atoms with van der Waals surface area (Å²) in [5, 5.41) is 15.2. The number of hydrogen-bond donors (Lipinski definition) is 1. The summed E-state index contributed by atoms with van der Waals surface area (Å²) in [5.41, 5.74) is 2.06. The van der Waals surface area contributed by atoms with Crippen molar-refractivity contribution in [2.75, 3.05) is 5.32 Å². The van der Waals surface area contributed by atoms with Gasteiger partial charge in [-0.2, -0.15) is 10.2 Å².